The molecule has 0 aromatic rings. The standard InChI is InChI=1S/C8H10N2O/c9-8(11)5-2-10-7-4-1-3(5)6(4)7/h2-4,6-7,10H,1H2,(H2,9,11)/t3?,4-,6-,7-/m1/s1. The average Bonchev–Trinajstić information content (AvgIpc) is 2.53. The number of primary amides is 1. The molecule has 1 heterocycles. The van der Waals surface area contributed by atoms with E-state index in [1.165, 1.54) is 6.42 Å². The topological polar surface area (TPSA) is 55.1 Å². The van der Waals surface area contributed by atoms with Crippen LogP contribution in [0.4, 0.5) is 0 Å². The van der Waals surface area contributed by atoms with Gasteiger partial charge in [-0.2, -0.15) is 0 Å². The van der Waals surface area contributed by atoms with E-state index in [-0.39, 0.29) is 5.91 Å². The number of rotatable bonds is 1. The smallest absolute Gasteiger partial charge is 0.246 e. The van der Waals surface area contributed by atoms with Crippen LogP contribution in [-0.4, -0.2) is 11.9 Å². The molecule has 0 spiro atoms. The molecule has 0 aromatic carbocycles. The van der Waals surface area contributed by atoms with Crippen molar-refractivity contribution in [2.75, 3.05) is 0 Å². The molecule has 2 fully saturated rings. The Balaban J connectivity index is 1.95. The minimum Gasteiger partial charge on any atom is -0.387 e. The van der Waals surface area contributed by atoms with Crippen LogP contribution in [0.25, 0.3) is 0 Å². The lowest BCUT2D eigenvalue weighted by Gasteiger charge is -2.26. The molecule has 3 heteroatoms. The van der Waals surface area contributed by atoms with Gasteiger partial charge in [0.1, 0.15) is 0 Å². The summed E-state index contributed by atoms with van der Waals surface area (Å²) >= 11 is 0. The molecule has 2 saturated carbocycles. The molecule has 1 unspecified atom stereocenters. The SMILES string of the molecule is NC(=O)C1=CN[C@@H]2[C@@H]3CC1[C@H]32. The maximum absolute atomic E-state index is 10.9. The lowest BCUT2D eigenvalue weighted by molar-refractivity contribution is -0.115. The molecule has 0 saturated heterocycles. The second-order valence-corrected chi connectivity index (χ2v) is 3.74. The van der Waals surface area contributed by atoms with E-state index in [1.54, 1.807) is 0 Å². The molecule has 4 atom stereocenters. The maximum Gasteiger partial charge on any atom is 0.246 e. The van der Waals surface area contributed by atoms with Gasteiger partial charge < -0.3 is 11.1 Å². The van der Waals surface area contributed by atoms with Gasteiger partial charge in [0, 0.05) is 17.8 Å². The number of hydrogen-bond acceptors (Lipinski definition) is 2. The predicted octanol–water partition coefficient (Wildman–Crippen LogP) is -0.407. The van der Waals surface area contributed by atoms with Crippen molar-refractivity contribution in [2.45, 2.75) is 12.5 Å². The van der Waals surface area contributed by atoms with Gasteiger partial charge in [0.2, 0.25) is 5.91 Å². The summed E-state index contributed by atoms with van der Waals surface area (Å²) < 4.78 is 0. The van der Waals surface area contributed by atoms with Crippen LogP contribution in [0.2, 0.25) is 0 Å². The zero-order valence-corrected chi connectivity index (χ0v) is 6.08. The molecular weight excluding hydrogens is 140 g/mol. The Kier molecular flexibility index (Phi) is 0.739. The molecule has 0 aromatic heterocycles. The van der Waals surface area contributed by atoms with Crippen molar-refractivity contribution < 1.29 is 4.79 Å². The molecular formula is C8H10N2O. The number of carbonyl (C=O) groups is 1. The lowest BCUT2D eigenvalue weighted by Crippen LogP contribution is -2.31. The van der Waals surface area contributed by atoms with Crippen molar-refractivity contribution in [3.63, 3.8) is 0 Å². The van der Waals surface area contributed by atoms with Crippen molar-refractivity contribution in [3.05, 3.63) is 11.8 Å². The van der Waals surface area contributed by atoms with E-state index < -0.39 is 0 Å². The van der Waals surface area contributed by atoms with Gasteiger partial charge >= 0.3 is 0 Å². The van der Waals surface area contributed by atoms with Crippen molar-refractivity contribution in [3.8, 4) is 0 Å². The highest BCUT2D eigenvalue weighted by molar-refractivity contribution is 5.93. The zero-order chi connectivity index (χ0) is 7.59. The highest BCUT2D eigenvalue weighted by Crippen LogP contribution is 2.63. The largest absolute Gasteiger partial charge is 0.387 e. The summed E-state index contributed by atoms with van der Waals surface area (Å²) in [6.45, 7) is 0. The quantitative estimate of drug-likeness (QED) is 0.534. The summed E-state index contributed by atoms with van der Waals surface area (Å²) in [5, 5.41) is 3.22. The maximum atomic E-state index is 10.9. The summed E-state index contributed by atoms with van der Waals surface area (Å²) in [5.74, 6) is 1.87. The summed E-state index contributed by atoms with van der Waals surface area (Å²) in [6.07, 6.45) is 3.00. The minimum atomic E-state index is -0.244. The molecule has 3 aliphatic rings. The molecule has 1 amide bonds. The number of carbonyl (C=O) groups excluding carboxylic acids is 1. The first kappa shape index (κ1) is 5.63. The Morgan fingerprint density at radius 2 is 2.55 bits per heavy atom. The van der Waals surface area contributed by atoms with Gasteiger partial charge in [-0.3, -0.25) is 4.79 Å². The summed E-state index contributed by atoms with van der Waals surface area (Å²) in [7, 11) is 0. The van der Waals surface area contributed by atoms with Crippen LogP contribution in [0.5, 0.6) is 0 Å². The fraction of sp³-hybridized carbons (Fsp3) is 0.625. The minimum absolute atomic E-state index is 0.244. The van der Waals surface area contributed by atoms with E-state index in [2.05, 4.69) is 5.32 Å². The van der Waals surface area contributed by atoms with Gasteiger partial charge in [-0.25, -0.2) is 0 Å². The monoisotopic (exact) mass is 150 g/mol. The first-order valence-corrected chi connectivity index (χ1v) is 4.05. The second-order valence-electron chi connectivity index (χ2n) is 3.74. The van der Waals surface area contributed by atoms with Crippen LogP contribution in [0.1, 0.15) is 6.42 Å². The zero-order valence-electron chi connectivity index (χ0n) is 6.08. The molecule has 3 rings (SSSR count). The van der Waals surface area contributed by atoms with E-state index in [9.17, 15) is 4.79 Å². The first-order valence-electron chi connectivity index (χ1n) is 4.05. The van der Waals surface area contributed by atoms with Crippen molar-refractivity contribution in [1.82, 2.24) is 5.32 Å². The third-order valence-electron chi connectivity index (χ3n) is 3.34. The summed E-state index contributed by atoms with van der Waals surface area (Å²) in [5.41, 5.74) is 6.04. The molecule has 0 bridgehead atoms. The highest BCUT2D eigenvalue weighted by Gasteiger charge is 2.65. The summed E-state index contributed by atoms with van der Waals surface area (Å²) in [6, 6.07) is 0.683. The fourth-order valence-electron chi connectivity index (χ4n) is 2.62. The van der Waals surface area contributed by atoms with Gasteiger partial charge in [0.25, 0.3) is 0 Å². The van der Waals surface area contributed by atoms with Gasteiger partial charge in [-0.15, -0.1) is 0 Å². The van der Waals surface area contributed by atoms with E-state index >= 15 is 0 Å². The Bertz CT molecular complexity index is 271. The third-order valence-corrected chi connectivity index (χ3v) is 3.34. The molecule has 11 heavy (non-hydrogen) atoms. The number of nitrogens with two attached hydrogens (primary N) is 1. The number of amides is 1. The van der Waals surface area contributed by atoms with E-state index in [0.717, 1.165) is 17.4 Å². The first-order chi connectivity index (χ1) is 5.29. The van der Waals surface area contributed by atoms with Crippen LogP contribution in [0.15, 0.2) is 11.8 Å². The molecule has 58 valence electrons. The summed E-state index contributed by atoms with van der Waals surface area (Å²) in [4.78, 5) is 10.9. The van der Waals surface area contributed by atoms with E-state index in [1.807, 2.05) is 6.20 Å². The predicted molar refractivity (Wildman–Crippen MR) is 39.3 cm³/mol. The van der Waals surface area contributed by atoms with Gasteiger partial charge in [0.05, 0.1) is 0 Å². The Morgan fingerprint density at radius 1 is 1.73 bits per heavy atom. The van der Waals surface area contributed by atoms with Gasteiger partial charge in [-0.1, -0.05) is 0 Å². The van der Waals surface area contributed by atoms with Crippen LogP contribution in [0.3, 0.4) is 0 Å². The van der Waals surface area contributed by atoms with Crippen LogP contribution in [-0.2, 0) is 4.79 Å². The Labute approximate surface area is 64.6 Å². The molecule has 3 N–H and O–H groups in total. The Hall–Kier alpha value is -0.990. The van der Waals surface area contributed by atoms with Crippen molar-refractivity contribution in [1.29, 1.82) is 0 Å². The molecule has 2 aliphatic carbocycles. The third kappa shape index (κ3) is 0.492. The number of hydrogen-bond donors (Lipinski definition) is 2. The average molecular weight is 150 g/mol. The van der Waals surface area contributed by atoms with Crippen LogP contribution >= 0.6 is 0 Å². The lowest BCUT2D eigenvalue weighted by atomic mass is 9.79. The van der Waals surface area contributed by atoms with Crippen LogP contribution < -0.4 is 11.1 Å². The highest BCUT2D eigenvalue weighted by atomic mass is 16.1. The second kappa shape index (κ2) is 1.44. The molecule has 3 nitrogen and oxygen atoms in total. The van der Waals surface area contributed by atoms with Crippen LogP contribution in [0, 0.1) is 17.8 Å². The number of fused-ring (bicyclic) bond motifs is 1. The van der Waals surface area contributed by atoms with Gasteiger partial charge in [-0.05, 0) is 24.2 Å². The Morgan fingerprint density at radius 3 is 3.27 bits per heavy atom. The van der Waals surface area contributed by atoms with Crippen molar-refractivity contribution >= 4 is 5.91 Å². The van der Waals surface area contributed by atoms with E-state index in [4.69, 9.17) is 5.73 Å². The van der Waals surface area contributed by atoms with Gasteiger partial charge in [0.15, 0.2) is 0 Å². The normalized spacial score (nSPS) is 49.6. The van der Waals surface area contributed by atoms with E-state index in [0.29, 0.717) is 12.0 Å². The molecule has 0 radical (unpaired) electrons. The molecule has 1 aliphatic heterocycles. The van der Waals surface area contributed by atoms with Crippen molar-refractivity contribution in [2.24, 2.45) is 23.5 Å². The fourth-order valence-corrected chi connectivity index (χ4v) is 2.62. The number of nitrogens with one attached hydrogen (secondary N) is 1.